The second kappa shape index (κ2) is 11.4. The topological polar surface area (TPSA) is 96.5 Å². The number of phenolic OH excluding ortho intramolecular Hbond substituents is 1. The van der Waals surface area contributed by atoms with Crippen molar-refractivity contribution >= 4 is 27.7 Å². The van der Waals surface area contributed by atoms with Gasteiger partial charge in [0.15, 0.2) is 6.10 Å². The zero-order chi connectivity index (χ0) is 30.2. The molecule has 2 heterocycles. The average Bonchev–Trinajstić information content (AvgIpc) is 3.27. The normalized spacial score (nSPS) is 13.5. The molecule has 0 saturated heterocycles. The molecule has 0 fully saturated rings. The lowest BCUT2D eigenvalue weighted by Gasteiger charge is -2.29. The molecule has 218 valence electrons. The van der Waals surface area contributed by atoms with Crippen LogP contribution in [0.2, 0.25) is 0 Å². The van der Waals surface area contributed by atoms with Gasteiger partial charge in [-0.15, -0.1) is 0 Å². The van der Waals surface area contributed by atoms with E-state index in [-0.39, 0.29) is 17.8 Å². The van der Waals surface area contributed by atoms with Gasteiger partial charge in [-0.1, -0.05) is 86.6 Å². The number of para-hydroxylation sites is 1. The Morgan fingerprint density at radius 2 is 1.52 bits per heavy atom. The molecule has 0 aliphatic carbocycles. The van der Waals surface area contributed by atoms with E-state index in [0.717, 1.165) is 5.56 Å². The maximum absolute atomic E-state index is 14.3. The number of phenols is 1. The van der Waals surface area contributed by atoms with Crippen molar-refractivity contribution in [3.63, 3.8) is 0 Å². The number of halogens is 3. The van der Waals surface area contributed by atoms with E-state index in [1.54, 1.807) is 53.1 Å². The zero-order valence-electron chi connectivity index (χ0n) is 23.0. The molecule has 0 aliphatic rings. The van der Waals surface area contributed by atoms with Gasteiger partial charge in [0.2, 0.25) is 5.91 Å². The van der Waals surface area contributed by atoms with Crippen LogP contribution in [-0.4, -0.2) is 43.6 Å². The second-order valence-electron chi connectivity index (χ2n) is 10.6. The first-order chi connectivity index (χ1) is 20.0. The predicted octanol–water partition coefficient (Wildman–Crippen LogP) is 5.44. The van der Waals surface area contributed by atoms with Crippen molar-refractivity contribution in [2.24, 2.45) is 5.92 Å². The Kier molecular flexibility index (Phi) is 7.83. The van der Waals surface area contributed by atoms with Crippen LogP contribution < -0.4 is 10.9 Å². The van der Waals surface area contributed by atoms with Gasteiger partial charge >= 0.3 is 6.18 Å². The number of fused-ring (bicyclic) bond motifs is 3. The number of aliphatic hydroxyl groups excluding tert-OH is 1. The number of nitrogens with one attached hydrogen (secondary N) is 1. The van der Waals surface area contributed by atoms with E-state index in [4.69, 9.17) is 0 Å². The molecule has 5 aromatic rings. The largest absolute Gasteiger partial charge is 0.506 e. The summed E-state index contributed by atoms with van der Waals surface area (Å²) in [6, 6.07) is 23.4. The first-order valence-corrected chi connectivity index (χ1v) is 13.5. The molecule has 0 spiro atoms. The summed E-state index contributed by atoms with van der Waals surface area (Å²) in [7, 11) is 0. The number of carbonyl (C=O) groups is 1. The van der Waals surface area contributed by atoms with Crippen LogP contribution >= 0.6 is 0 Å². The zero-order valence-corrected chi connectivity index (χ0v) is 23.0. The standard InChI is InChI=1S/C32H30F3N3O4/c1-19(2)27(30(41)32(33,34)35)36-26(40)18-37-24(21-12-7-4-8-13-21)16-23-22-14-9-15-25(39)28(22)38(29(23)31(37)42)17-20-10-5-3-6-11-20/h3-16,19,27,30,39,41H,17-18H2,1-2H3,(H,36,40). The van der Waals surface area contributed by atoms with Crippen molar-refractivity contribution < 1.29 is 28.2 Å². The number of pyridine rings is 1. The quantitative estimate of drug-likeness (QED) is 0.229. The summed E-state index contributed by atoms with van der Waals surface area (Å²) < 4.78 is 42.9. The average molecular weight is 578 g/mol. The van der Waals surface area contributed by atoms with E-state index in [2.05, 4.69) is 5.32 Å². The number of aromatic nitrogens is 2. The van der Waals surface area contributed by atoms with Crippen molar-refractivity contribution in [1.82, 2.24) is 14.5 Å². The molecule has 2 atom stereocenters. The highest BCUT2D eigenvalue weighted by Crippen LogP contribution is 2.35. The molecule has 10 heteroatoms. The number of amides is 1. The second-order valence-corrected chi connectivity index (χ2v) is 10.6. The number of rotatable bonds is 8. The highest BCUT2D eigenvalue weighted by atomic mass is 19.4. The van der Waals surface area contributed by atoms with E-state index in [9.17, 15) is 33.0 Å². The van der Waals surface area contributed by atoms with Crippen molar-refractivity contribution in [3.8, 4) is 17.0 Å². The van der Waals surface area contributed by atoms with E-state index >= 15 is 0 Å². The Labute approximate surface area is 239 Å². The van der Waals surface area contributed by atoms with Crippen molar-refractivity contribution in [2.75, 3.05) is 0 Å². The number of nitrogens with zero attached hydrogens (tertiary/aromatic N) is 2. The third kappa shape index (κ3) is 5.49. The minimum atomic E-state index is -4.94. The van der Waals surface area contributed by atoms with Crippen LogP contribution in [0.25, 0.3) is 33.1 Å². The van der Waals surface area contributed by atoms with E-state index < -0.39 is 42.3 Å². The van der Waals surface area contributed by atoms with Crippen LogP contribution in [0.15, 0.2) is 89.7 Å². The van der Waals surface area contributed by atoms with Crippen molar-refractivity contribution in [2.45, 2.75) is 45.3 Å². The smallest absolute Gasteiger partial charge is 0.416 e. The molecule has 7 nitrogen and oxygen atoms in total. The van der Waals surface area contributed by atoms with Gasteiger partial charge in [0.05, 0.1) is 17.3 Å². The van der Waals surface area contributed by atoms with Crippen LogP contribution in [0.1, 0.15) is 19.4 Å². The Morgan fingerprint density at radius 1 is 0.881 bits per heavy atom. The summed E-state index contributed by atoms with van der Waals surface area (Å²) >= 11 is 0. The van der Waals surface area contributed by atoms with Crippen LogP contribution in [0.5, 0.6) is 5.75 Å². The van der Waals surface area contributed by atoms with Crippen LogP contribution in [-0.2, 0) is 17.9 Å². The molecule has 3 aromatic carbocycles. The summed E-state index contributed by atoms with van der Waals surface area (Å²) in [5, 5.41) is 24.3. The highest BCUT2D eigenvalue weighted by molar-refractivity contribution is 6.10. The minimum absolute atomic E-state index is 0.0227. The van der Waals surface area contributed by atoms with Crippen molar-refractivity contribution in [3.05, 3.63) is 101 Å². The van der Waals surface area contributed by atoms with E-state index in [1.165, 1.54) is 24.5 Å². The first-order valence-electron chi connectivity index (χ1n) is 13.5. The Bertz CT molecular complexity index is 1800. The fourth-order valence-electron chi connectivity index (χ4n) is 5.36. The van der Waals surface area contributed by atoms with Gasteiger partial charge in [-0.05, 0) is 29.2 Å². The molecule has 0 bridgehead atoms. The molecule has 0 radical (unpaired) electrons. The van der Waals surface area contributed by atoms with E-state index in [0.29, 0.717) is 27.5 Å². The fourth-order valence-corrected chi connectivity index (χ4v) is 5.36. The number of alkyl halides is 3. The van der Waals surface area contributed by atoms with Gasteiger partial charge in [-0.2, -0.15) is 13.2 Å². The van der Waals surface area contributed by atoms with Crippen LogP contribution in [0.3, 0.4) is 0 Å². The lowest BCUT2D eigenvalue weighted by Crippen LogP contribution is -2.53. The maximum atomic E-state index is 14.3. The Morgan fingerprint density at radius 3 is 2.14 bits per heavy atom. The molecule has 1 amide bonds. The molecule has 2 aromatic heterocycles. The Balaban J connectivity index is 1.71. The lowest BCUT2D eigenvalue weighted by molar-refractivity contribution is -0.215. The number of hydrogen-bond acceptors (Lipinski definition) is 4. The molecular formula is C32H30F3N3O4. The first kappa shape index (κ1) is 28.9. The van der Waals surface area contributed by atoms with Gasteiger partial charge in [-0.25, -0.2) is 0 Å². The van der Waals surface area contributed by atoms with Crippen molar-refractivity contribution in [1.29, 1.82) is 0 Å². The fraction of sp³-hybridized carbons (Fsp3) is 0.250. The third-order valence-electron chi connectivity index (χ3n) is 7.40. The minimum Gasteiger partial charge on any atom is -0.506 e. The van der Waals surface area contributed by atoms with Crippen LogP contribution in [0, 0.1) is 5.92 Å². The number of hydrogen-bond donors (Lipinski definition) is 3. The maximum Gasteiger partial charge on any atom is 0.416 e. The Hall–Kier alpha value is -4.57. The van der Waals surface area contributed by atoms with E-state index in [1.807, 2.05) is 30.3 Å². The lowest BCUT2D eigenvalue weighted by atomic mass is 9.98. The molecule has 42 heavy (non-hydrogen) atoms. The highest BCUT2D eigenvalue weighted by Gasteiger charge is 2.45. The number of carbonyl (C=O) groups excluding carboxylic acids is 1. The summed E-state index contributed by atoms with van der Waals surface area (Å²) in [4.78, 5) is 27.6. The summed E-state index contributed by atoms with van der Waals surface area (Å²) in [6.07, 6.45) is -7.71. The summed E-state index contributed by atoms with van der Waals surface area (Å²) in [5.74, 6) is -1.62. The predicted molar refractivity (Wildman–Crippen MR) is 155 cm³/mol. The SMILES string of the molecule is CC(C)C(NC(=O)Cn1c(-c2ccccc2)cc2c3cccc(O)c3n(Cc3ccccc3)c2c1=O)C(O)C(F)(F)F. The third-order valence-corrected chi connectivity index (χ3v) is 7.40. The summed E-state index contributed by atoms with van der Waals surface area (Å²) in [5.41, 5.74) is 2.00. The molecule has 2 unspecified atom stereocenters. The van der Waals surface area contributed by atoms with Gasteiger partial charge in [0.25, 0.3) is 5.56 Å². The molecule has 0 saturated carbocycles. The molecule has 0 aliphatic heterocycles. The molecule has 3 N–H and O–H groups in total. The van der Waals surface area contributed by atoms with Gasteiger partial charge < -0.3 is 20.1 Å². The van der Waals surface area contributed by atoms with Gasteiger partial charge in [-0.3, -0.25) is 14.2 Å². The number of aromatic hydroxyl groups is 1. The molecular weight excluding hydrogens is 547 g/mol. The number of aliphatic hydroxyl groups is 1. The monoisotopic (exact) mass is 577 g/mol. The summed E-state index contributed by atoms with van der Waals surface area (Å²) in [6.45, 7) is 2.58. The van der Waals surface area contributed by atoms with Crippen LogP contribution in [0.4, 0.5) is 13.2 Å². The number of benzene rings is 3. The molecule has 5 rings (SSSR count). The van der Waals surface area contributed by atoms with Gasteiger partial charge in [0.1, 0.15) is 17.8 Å². The van der Waals surface area contributed by atoms with Gasteiger partial charge in [0, 0.05) is 17.3 Å².